The molecule has 0 amide bonds. The van der Waals surface area contributed by atoms with Gasteiger partial charge in [-0.1, -0.05) is 90.1 Å². The number of carbonyl (C=O) groups excluding carboxylic acids is 4. The lowest BCUT2D eigenvalue weighted by Crippen LogP contribution is -2.80. The maximum Gasteiger partial charge on any atom is 0.338 e. The number of ether oxygens (including phenoxy) is 4. The zero-order valence-corrected chi connectivity index (χ0v) is 30.7. The summed E-state index contributed by atoms with van der Waals surface area (Å²) >= 11 is 0. The summed E-state index contributed by atoms with van der Waals surface area (Å²) in [7, 11) is 0. The van der Waals surface area contributed by atoms with Crippen LogP contribution in [0.4, 0.5) is 0 Å². The normalized spacial score (nSPS) is 36.5. The maximum atomic E-state index is 15.2. The lowest BCUT2D eigenvalue weighted by molar-refractivity contribution is -0.339. The van der Waals surface area contributed by atoms with Crippen LogP contribution in [0.1, 0.15) is 90.1 Å². The first kappa shape index (κ1) is 36.9. The van der Waals surface area contributed by atoms with E-state index < -0.39 is 82.1 Å². The van der Waals surface area contributed by atoms with Gasteiger partial charge in [0.1, 0.15) is 29.7 Å². The van der Waals surface area contributed by atoms with Gasteiger partial charge in [-0.25, -0.2) is 9.59 Å². The molecule has 3 aliphatic carbocycles. The van der Waals surface area contributed by atoms with E-state index in [1.807, 2.05) is 58.0 Å². The molecule has 4 aliphatic rings. The van der Waals surface area contributed by atoms with Gasteiger partial charge in [-0.05, 0) is 48.1 Å². The van der Waals surface area contributed by atoms with Gasteiger partial charge < -0.3 is 29.2 Å². The minimum Gasteiger partial charge on any atom is -0.456 e. The Morgan fingerprint density at radius 2 is 1.57 bits per heavy atom. The molecule has 2 saturated carbocycles. The topological polar surface area (TPSA) is 146 Å². The first-order chi connectivity index (χ1) is 23.9. The molecular weight excluding hydrogens is 652 g/mol. The first-order valence-corrected chi connectivity index (χ1v) is 17.9. The second-order valence-electron chi connectivity index (χ2n) is 15.9. The third kappa shape index (κ3) is 5.56. The van der Waals surface area contributed by atoms with E-state index >= 15 is 4.79 Å². The largest absolute Gasteiger partial charge is 0.456 e. The lowest BCUT2D eigenvalue weighted by Gasteiger charge is -2.68. The van der Waals surface area contributed by atoms with Gasteiger partial charge in [-0.15, -0.1) is 0 Å². The Morgan fingerprint density at radius 3 is 2.14 bits per heavy atom. The zero-order chi connectivity index (χ0) is 37.3. The average molecular weight is 703 g/mol. The Balaban J connectivity index is 1.53. The number of hydrogen-bond acceptors (Lipinski definition) is 10. The number of ketones is 1. The molecular formula is C41H50O10. The Labute approximate surface area is 299 Å². The summed E-state index contributed by atoms with van der Waals surface area (Å²) in [5, 5.41) is 24.7. The monoisotopic (exact) mass is 702 g/mol. The van der Waals surface area contributed by atoms with Gasteiger partial charge in [0.25, 0.3) is 0 Å². The van der Waals surface area contributed by atoms with Crippen molar-refractivity contribution in [1.29, 1.82) is 0 Å². The molecule has 0 spiro atoms. The van der Waals surface area contributed by atoms with E-state index in [4.69, 9.17) is 18.9 Å². The zero-order valence-electron chi connectivity index (χ0n) is 30.7. The molecule has 1 heterocycles. The Kier molecular flexibility index (Phi) is 9.39. The van der Waals surface area contributed by atoms with E-state index in [1.165, 1.54) is 6.92 Å². The SMILES string of the molecule is CC(=O)O[C@@]12CO[C@@H]1C[C@H](C)[C@@]1(C)C(=O)[C@H](C)C3=C(C)[C@@H](OC(=O)[C@H](O)[C@@H](C)c4ccccc4)C[C@@](O)([C@@H](OC(=O)c4ccccc4)[C@H]21)C3(C)C. The molecule has 51 heavy (non-hydrogen) atoms. The van der Waals surface area contributed by atoms with Gasteiger partial charge in [0.2, 0.25) is 0 Å². The highest BCUT2D eigenvalue weighted by Gasteiger charge is 2.77. The van der Waals surface area contributed by atoms with E-state index in [0.29, 0.717) is 17.6 Å². The number of aliphatic hydroxyl groups is 2. The van der Waals surface area contributed by atoms with E-state index in [2.05, 4.69) is 0 Å². The number of fused-ring (bicyclic) bond motifs is 5. The van der Waals surface area contributed by atoms with E-state index in [-0.39, 0.29) is 30.3 Å². The van der Waals surface area contributed by atoms with Crippen molar-refractivity contribution in [2.24, 2.45) is 28.6 Å². The number of aliphatic hydroxyl groups excluding tert-OH is 1. The third-order valence-corrected chi connectivity index (χ3v) is 13.0. The standard InChI is InChI=1S/C41H50O10/c1-22-19-30-40(21-48-30,51-26(5)42)33-35(50-36(45)28-17-13-10-14-18-28)41(47)20-29(49-37(46)32(43)23(2)27-15-11-9-12-16-27)24(3)31(38(41,6)7)25(4)34(44)39(22,33)8/h9-18,22-23,25,29-30,32-33,35,43,47H,19-21H2,1-8H3/t22-,23-,25+,29-,30+,32+,33-,35-,39+,40-,41+/m0/s1. The highest BCUT2D eigenvalue weighted by molar-refractivity contribution is 5.92. The quantitative estimate of drug-likeness (QED) is 0.220. The molecule has 11 atom stereocenters. The molecule has 6 rings (SSSR count). The molecule has 10 nitrogen and oxygen atoms in total. The smallest absolute Gasteiger partial charge is 0.338 e. The van der Waals surface area contributed by atoms with Gasteiger partial charge in [0, 0.05) is 36.0 Å². The predicted molar refractivity (Wildman–Crippen MR) is 186 cm³/mol. The molecule has 1 aliphatic heterocycles. The Morgan fingerprint density at radius 1 is 0.961 bits per heavy atom. The number of esters is 3. The van der Waals surface area contributed by atoms with Crippen LogP contribution in [0.15, 0.2) is 71.8 Å². The van der Waals surface area contributed by atoms with Crippen molar-refractivity contribution in [2.45, 2.75) is 110 Å². The van der Waals surface area contributed by atoms with Gasteiger partial charge in [0.05, 0.1) is 18.1 Å². The minimum atomic E-state index is -1.97. The van der Waals surface area contributed by atoms with Crippen molar-refractivity contribution in [3.8, 4) is 0 Å². The van der Waals surface area contributed by atoms with Gasteiger partial charge in [-0.3, -0.25) is 9.59 Å². The fraction of sp³-hybridized carbons (Fsp3) is 0.561. The molecule has 3 fully saturated rings. The molecule has 2 N–H and O–H groups in total. The molecule has 2 bridgehead atoms. The third-order valence-electron chi connectivity index (χ3n) is 13.0. The second-order valence-corrected chi connectivity index (χ2v) is 15.9. The van der Waals surface area contributed by atoms with Crippen molar-refractivity contribution < 1.29 is 48.3 Å². The van der Waals surface area contributed by atoms with E-state index in [9.17, 15) is 24.6 Å². The molecule has 0 aromatic heterocycles. The average Bonchev–Trinajstić information content (AvgIpc) is 3.09. The molecule has 274 valence electrons. The summed E-state index contributed by atoms with van der Waals surface area (Å²) in [4.78, 5) is 55.8. The Hall–Kier alpha value is -3.86. The number of rotatable bonds is 7. The maximum absolute atomic E-state index is 15.2. The van der Waals surface area contributed by atoms with Gasteiger partial charge in [0.15, 0.2) is 11.7 Å². The number of hydrogen-bond donors (Lipinski definition) is 2. The molecule has 2 aromatic rings. The summed E-state index contributed by atoms with van der Waals surface area (Å²) in [6.07, 6.45) is -4.45. The number of carbonyl (C=O) groups is 4. The Bertz CT molecular complexity index is 1730. The molecule has 0 radical (unpaired) electrons. The van der Waals surface area contributed by atoms with Crippen molar-refractivity contribution >= 4 is 23.7 Å². The highest BCUT2D eigenvalue weighted by atomic mass is 16.6. The number of Topliss-reactive ketones (excluding diaryl/α,β-unsaturated/α-hetero) is 1. The van der Waals surface area contributed by atoms with Crippen LogP contribution in [-0.4, -0.2) is 76.1 Å². The van der Waals surface area contributed by atoms with E-state index in [1.54, 1.807) is 51.1 Å². The van der Waals surface area contributed by atoms with Crippen molar-refractivity contribution in [1.82, 2.24) is 0 Å². The highest BCUT2D eigenvalue weighted by Crippen LogP contribution is 2.66. The number of benzene rings is 2. The predicted octanol–water partition coefficient (Wildman–Crippen LogP) is 5.35. The van der Waals surface area contributed by atoms with Crippen molar-refractivity contribution in [3.05, 3.63) is 82.9 Å². The first-order valence-electron chi connectivity index (χ1n) is 17.9. The fourth-order valence-corrected chi connectivity index (χ4v) is 9.92. The fourth-order valence-electron chi connectivity index (χ4n) is 9.92. The van der Waals surface area contributed by atoms with E-state index in [0.717, 1.165) is 5.56 Å². The summed E-state index contributed by atoms with van der Waals surface area (Å²) in [6.45, 7) is 14.0. The van der Waals surface area contributed by atoms with Crippen LogP contribution in [0.5, 0.6) is 0 Å². The molecule has 1 saturated heterocycles. The van der Waals surface area contributed by atoms with Crippen LogP contribution in [0.25, 0.3) is 0 Å². The van der Waals surface area contributed by atoms with Crippen LogP contribution in [-0.2, 0) is 33.3 Å². The minimum absolute atomic E-state index is 0.0501. The van der Waals surface area contributed by atoms with Crippen LogP contribution in [0, 0.1) is 28.6 Å². The summed E-state index contributed by atoms with van der Waals surface area (Å²) in [5.74, 6) is -5.08. The van der Waals surface area contributed by atoms with Gasteiger partial charge in [-0.2, -0.15) is 0 Å². The summed E-state index contributed by atoms with van der Waals surface area (Å²) in [5.41, 5.74) is -3.68. The molecule has 0 unspecified atom stereocenters. The van der Waals surface area contributed by atoms with Crippen LogP contribution in [0.2, 0.25) is 0 Å². The van der Waals surface area contributed by atoms with Crippen molar-refractivity contribution in [2.75, 3.05) is 6.61 Å². The summed E-state index contributed by atoms with van der Waals surface area (Å²) in [6, 6.07) is 17.5. The molecule has 2 aromatic carbocycles. The second kappa shape index (κ2) is 13.0. The van der Waals surface area contributed by atoms with Crippen LogP contribution in [0.3, 0.4) is 0 Å². The lowest BCUT2D eigenvalue weighted by atomic mass is 9.42. The summed E-state index contributed by atoms with van der Waals surface area (Å²) < 4.78 is 24.8. The van der Waals surface area contributed by atoms with Crippen LogP contribution >= 0.6 is 0 Å². The molecule has 10 heteroatoms. The van der Waals surface area contributed by atoms with Crippen molar-refractivity contribution in [3.63, 3.8) is 0 Å². The van der Waals surface area contributed by atoms with Crippen LogP contribution < -0.4 is 0 Å². The van der Waals surface area contributed by atoms with Gasteiger partial charge >= 0.3 is 17.9 Å².